The van der Waals surface area contributed by atoms with Gasteiger partial charge in [-0.1, -0.05) is 18.2 Å². The molecule has 0 saturated heterocycles. The molecule has 3 nitrogen and oxygen atoms in total. The standard InChI is InChI=1S/C13H22N2O/c1-11(14)12-7-4-5-8-13(12)16-10-6-9-15(2)3/h4-5,7-8,11H,6,9-10,14H2,1-3H3/t11-/m0/s1. The zero-order valence-electron chi connectivity index (χ0n) is 10.4. The molecular weight excluding hydrogens is 200 g/mol. The summed E-state index contributed by atoms with van der Waals surface area (Å²) in [5.41, 5.74) is 6.96. The third-order valence-electron chi connectivity index (χ3n) is 2.42. The van der Waals surface area contributed by atoms with E-state index in [4.69, 9.17) is 10.5 Å². The van der Waals surface area contributed by atoms with Gasteiger partial charge in [-0.2, -0.15) is 0 Å². The highest BCUT2D eigenvalue weighted by Gasteiger charge is 2.06. The lowest BCUT2D eigenvalue weighted by atomic mass is 10.1. The molecule has 0 aliphatic heterocycles. The van der Waals surface area contributed by atoms with Gasteiger partial charge in [-0.25, -0.2) is 0 Å². The van der Waals surface area contributed by atoms with E-state index in [1.807, 2.05) is 31.2 Å². The minimum atomic E-state index is 0.0186. The van der Waals surface area contributed by atoms with E-state index in [0.717, 1.165) is 30.9 Å². The van der Waals surface area contributed by atoms with Crippen molar-refractivity contribution in [2.75, 3.05) is 27.2 Å². The van der Waals surface area contributed by atoms with Gasteiger partial charge >= 0.3 is 0 Å². The zero-order valence-corrected chi connectivity index (χ0v) is 10.4. The molecule has 0 aliphatic rings. The minimum Gasteiger partial charge on any atom is -0.493 e. The summed E-state index contributed by atoms with van der Waals surface area (Å²) in [6, 6.07) is 7.99. The molecule has 0 saturated carbocycles. The number of benzene rings is 1. The lowest BCUT2D eigenvalue weighted by Crippen LogP contribution is -2.16. The van der Waals surface area contributed by atoms with Crippen molar-refractivity contribution in [1.82, 2.24) is 4.90 Å². The van der Waals surface area contributed by atoms with Crippen LogP contribution in [0, 0.1) is 0 Å². The summed E-state index contributed by atoms with van der Waals surface area (Å²) in [5, 5.41) is 0. The maximum atomic E-state index is 5.88. The molecule has 0 aliphatic carbocycles. The lowest BCUT2D eigenvalue weighted by Gasteiger charge is -2.14. The van der Waals surface area contributed by atoms with Gasteiger partial charge in [-0.05, 0) is 33.5 Å². The molecule has 0 amide bonds. The van der Waals surface area contributed by atoms with E-state index in [9.17, 15) is 0 Å². The molecule has 3 heteroatoms. The third-order valence-corrected chi connectivity index (χ3v) is 2.42. The second kappa shape index (κ2) is 6.51. The van der Waals surface area contributed by atoms with Gasteiger partial charge in [0.2, 0.25) is 0 Å². The van der Waals surface area contributed by atoms with Crippen molar-refractivity contribution in [2.45, 2.75) is 19.4 Å². The highest BCUT2D eigenvalue weighted by Crippen LogP contribution is 2.23. The van der Waals surface area contributed by atoms with Gasteiger partial charge in [0.25, 0.3) is 0 Å². The Hall–Kier alpha value is -1.06. The van der Waals surface area contributed by atoms with E-state index in [0.29, 0.717) is 0 Å². The summed E-state index contributed by atoms with van der Waals surface area (Å²) in [6.07, 6.45) is 1.03. The molecule has 16 heavy (non-hydrogen) atoms. The molecule has 1 rings (SSSR count). The second-order valence-corrected chi connectivity index (χ2v) is 4.33. The average Bonchev–Trinajstić information content (AvgIpc) is 2.24. The molecule has 0 spiro atoms. The van der Waals surface area contributed by atoms with Crippen LogP contribution in [-0.2, 0) is 0 Å². The molecule has 0 aromatic heterocycles. The van der Waals surface area contributed by atoms with Crippen molar-refractivity contribution < 1.29 is 4.74 Å². The number of rotatable bonds is 6. The van der Waals surface area contributed by atoms with Gasteiger partial charge in [-0.3, -0.25) is 0 Å². The molecule has 0 heterocycles. The predicted octanol–water partition coefficient (Wildman–Crippen LogP) is 2.04. The van der Waals surface area contributed by atoms with E-state index in [-0.39, 0.29) is 6.04 Å². The molecule has 1 atom stereocenters. The van der Waals surface area contributed by atoms with E-state index >= 15 is 0 Å². The Bertz CT molecular complexity index is 311. The lowest BCUT2D eigenvalue weighted by molar-refractivity contribution is 0.278. The molecular formula is C13H22N2O. The SMILES string of the molecule is C[C@H](N)c1ccccc1OCCCN(C)C. The summed E-state index contributed by atoms with van der Waals surface area (Å²) in [7, 11) is 4.13. The molecule has 1 aromatic rings. The van der Waals surface area contributed by atoms with Gasteiger partial charge in [-0.15, -0.1) is 0 Å². The van der Waals surface area contributed by atoms with Crippen LogP contribution in [0.15, 0.2) is 24.3 Å². The second-order valence-electron chi connectivity index (χ2n) is 4.33. The van der Waals surface area contributed by atoms with E-state index in [1.165, 1.54) is 0 Å². The first-order chi connectivity index (χ1) is 7.61. The van der Waals surface area contributed by atoms with E-state index in [2.05, 4.69) is 19.0 Å². The Morgan fingerprint density at radius 1 is 1.31 bits per heavy atom. The van der Waals surface area contributed by atoms with Crippen molar-refractivity contribution in [2.24, 2.45) is 5.73 Å². The van der Waals surface area contributed by atoms with Crippen LogP contribution in [0.1, 0.15) is 24.9 Å². The van der Waals surface area contributed by atoms with E-state index in [1.54, 1.807) is 0 Å². The normalized spacial score (nSPS) is 12.8. The first kappa shape index (κ1) is 13.0. The van der Waals surface area contributed by atoms with Crippen molar-refractivity contribution >= 4 is 0 Å². The topological polar surface area (TPSA) is 38.5 Å². The smallest absolute Gasteiger partial charge is 0.124 e. The Labute approximate surface area is 98.2 Å². The average molecular weight is 222 g/mol. The minimum absolute atomic E-state index is 0.0186. The maximum Gasteiger partial charge on any atom is 0.124 e. The number of nitrogens with zero attached hydrogens (tertiary/aromatic N) is 1. The van der Waals surface area contributed by atoms with Crippen LogP contribution < -0.4 is 10.5 Å². The fourth-order valence-corrected chi connectivity index (χ4v) is 1.55. The van der Waals surface area contributed by atoms with Gasteiger partial charge in [0.05, 0.1) is 6.61 Å². The van der Waals surface area contributed by atoms with Gasteiger partial charge in [0, 0.05) is 18.2 Å². The fourth-order valence-electron chi connectivity index (χ4n) is 1.55. The molecule has 1 aromatic carbocycles. The first-order valence-electron chi connectivity index (χ1n) is 5.73. The Balaban J connectivity index is 2.47. The number of hydrogen-bond donors (Lipinski definition) is 1. The van der Waals surface area contributed by atoms with Crippen LogP contribution in [-0.4, -0.2) is 32.1 Å². The summed E-state index contributed by atoms with van der Waals surface area (Å²) < 4.78 is 5.74. The molecule has 0 fully saturated rings. The van der Waals surface area contributed by atoms with Crippen molar-refractivity contribution in [3.8, 4) is 5.75 Å². The largest absolute Gasteiger partial charge is 0.493 e. The Morgan fingerprint density at radius 3 is 2.62 bits per heavy atom. The quantitative estimate of drug-likeness (QED) is 0.749. The van der Waals surface area contributed by atoms with Crippen LogP contribution in [0.3, 0.4) is 0 Å². The summed E-state index contributed by atoms with van der Waals surface area (Å²) in [6.45, 7) is 3.75. The summed E-state index contributed by atoms with van der Waals surface area (Å²) in [5.74, 6) is 0.913. The Kier molecular flexibility index (Phi) is 5.29. The van der Waals surface area contributed by atoms with Crippen LogP contribution in [0.2, 0.25) is 0 Å². The Morgan fingerprint density at radius 2 is 2.00 bits per heavy atom. The van der Waals surface area contributed by atoms with Crippen LogP contribution >= 0.6 is 0 Å². The number of ether oxygens (including phenoxy) is 1. The van der Waals surface area contributed by atoms with Crippen molar-refractivity contribution in [1.29, 1.82) is 0 Å². The first-order valence-corrected chi connectivity index (χ1v) is 5.73. The maximum absolute atomic E-state index is 5.88. The molecule has 0 bridgehead atoms. The van der Waals surface area contributed by atoms with Gasteiger partial charge in [0.15, 0.2) is 0 Å². The predicted molar refractivity (Wildman–Crippen MR) is 67.7 cm³/mol. The van der Waals surface area contributed by atoms with Crippen LogP contribution in [0.5, 0.6) is 5.75 Å². The van der Waals surface area contributed by atoms with Crippen LogP contribution in [0.4, 0.5) is 0 Å². The number of para-hydroxylation sites is 1. The molecule has 90 valence electrons. The van der Waals surface area contributed by atoms with E-state index < -0.39 is 0 Å². The number of nitrogens with two attached hydrogens (primary N) is 1. The summed E-state index contributed by atoms with van der Waals surface area (Å²) in [4.78, 5) is 2.15. The van der Waals surface area contributed by atoms with Gasteiger partial charge in [0.1, 0.15) is 5.75 Å². The van der Waals surface area contributed by atoms with Crippen molar-refractivity contribution in [3.63, 3.8) is 0 Å². The molecule has 0 unspecified atom stereocenters. The monoisotopic (exact) mass is 222 g/mol. The highest BCUT2D eigenvalue weighted by atomic mass is 16.5. The highest BCUT2D eigenvalue weighted by molar-refractivity contribution is 5.35. The van der Waals surface area contributed by atoms with Crippen LogP contribution in [0.25, 0.3) is 0 Å². The fraction of sp³-hybridized carbons (Fsp3) is 0.538. The number of hydrogen-bond acceptors (Lipinski definition) is 3. The molecule has 0 radical (unpaired) electrons. The molecule has 2 N–H and O–H groups in total. The van der Waals surface area contributed by atoms with Crippen molar-refractivity contribution in [3.05, 3.63) is 29.8 Å². The van der Waals surface area contributed by atoms with Gasteiger partial charge < -0.3 is 15.4 Å². The third kappa shape index (κ3) is 4.21. The zero-order chi connectivity index (χ0) is 12.0. The summed E-state index contributed by atoms with van der Waals surface area (Å²) >= 11 is 0.